The maximum atomic E-state index is 13.8. The normalized spacial score (nSPS) is 43.4. The van der Waals surface area contributed by atoms with E-state index < -0.39 is 0 Å². The Morgan fingerprint density at radius 2 is 2.04 bits per heavy atom. The molecule has 136 valence electrons. The minimum Gasteiger partial charge on any atom is -0.465 e. The number of nitrogens with zero attached hydrogens (tertiary/aromatic N) is 1. The molecule has 0 saturated heterocycles. The van der Waals surface area contributed by atoms with E-state index in [1.54, 1.807) is 0 Å². The van der Waals surface area contributed by atoms with E-state index in [0.717, 1.165) is 48.8 Å². The van der Waals surface area contributed by atoms with E-state index in [9.17, 15) is 9.59 Å². The molecule has 4 heteroatoms. The molecule has 4 saturated carbocycles. The summed E-state index contributed by atoms with van der Waals surface area (Å²) >= 11 is 0. The van der Waals surface area contributed by atoms with E-state index >= 15 is 0 Å². The number of carbonyl (C=O) groups is 2. The number of benzene rings is 1. The van der Waals surface area contributed by atoms with E-state index in [4.69, 9.17) is 4.74 Å². The number of esters is 1. The lowest BCUT2D eigenvalue weighted by Gasteiger charge is -2.47. The highest BCUT2D eigenvalue weighted by atomic mass is 16.5. The number of methoxy groups -OCH3 is 1. The Balaban J connectivity index is 1.37. The lowest BCUT2D eigenvalue weighted by atomic mass is 9.57. The first kappa shape index (κ1) is 15.2. The second kappa shape index (κ2) is 4.35. The maximum Gasteiger partial charge on any atom is 0.338 e. The fraction of sp³-hybridized carbons (Fsp3) is 0.636. The number of anilines is 1. The van der Waals surface area contributed by atoms with Gasteiger partial charge in [-0.3, -0.25) is 4.79 Å². The summed E-state index contributed by atoms with van der Waals surface area (Å²) in [5.74, 6) is 1.61. The molecule has 0 N–H and O–H groups in total. The van der Waals surface area contributed by atoms with Crippen molar-refractivity contribution in [3.63, 3.8) is 0 Å². The van der Waals surface area contributed by atoms with Crippen molar-refractivity contribution in [2.75, 3.05) is 18.6 Å². The molecule has 5 atom stereocenters. The summed E-state index contributed by atoms with van der Waals surface area (Å²) in [5.41, 5.74) is 3.40. The predicted molar refractivity (Wildman–Crippen MR) is 96.9 cm³/mol. The summed E-state index contributed by atoms with van der Waals surface area (Å²) in [6.07, 6.45) is 6.74. The fourth-order valence-corrected chi connectivity index (χ4v) is 7.80. The SMILES string of the molecule is COC(=O)c1cccc2c1CCN2C(=O)C12CC3[C@H](C1)C[C@]31CC1(C)C2. The zero-order valence-corrected chi connectivity index (χ0v) is 15.5. The minimum absolute atomic E-state index is 0.149. The van der Waals surface area contributed by atoms with E-state index in [2.05, 4.69) is 6.92 Å². The summed E-state index contributed by atoms with van der Waals surface area (Å²) in [6, 6.07) is 5.69. The number of rotatable bonds is 2. The second-order valence-electron chi connectivity index (χ2n) is 9.83. The topological polar surface area (TPSA) is 46.6 Å². The van der Waals surface area contributed by atoms with Gasteiger partial charge in [0.2, 0.25) is 5.91 Å². The third-order valence-corrected chi connectivity index (χ3v) is 8.81. The Hall–Kier alpha value is -1.84. The molecule has 4 nitrogen and oxygen atoms in total. The van der Waals surface area contributed by atoms with Crippen LogP contribution in [-0.2, 0) is 16.0 Å². The number of ether oxygens (including phenoxy) is 1. The van der Waals surface area contributed by atoms with Crippen molar-refractivity contribution in [3.8, 4) is 0 Å². The van der Waals surface area contributed by atoms with Crippen LogP contribution in [0.4, 0.5) is 5.69 Å². The Morgan fingerprint density at radius 3 is 2.85 bits per heavy atom. The van der Waals surface area contributed by atoms with Gasteiger partial charge in [-0.2, -0.15) is 0 Å². The van der Waals surface area contributed by atoms with Crippen LogP contribution in [0.5, 0.6) is 0 Å². The number of carbonyl (C=O) groups excluding carboxylic acids is 2. The van der Waals surface area contributed by atoms with Crippen LogP contribution < -0.4 is 4.90 Å². The van der Waals surface area contributed by atoms with Gasteiger partial charge in [-0.1, -0.05) is 13.0 Å². The number of amides is 1. The van der Waals surface area contributed by atoms with Gasteiger partial charge in [-0.15, -0.1) is 0 Å². The van der Waals surface area contributed by atoms with Crippen LogP contribution in [0.15, 0.2) is 18.2 Å². The van der Waals surface area contributed by atoms with Crippen molar-refractivity contribution < 1.29 is 14.3 Å². The van der Waals surface area contributed by atoms with Gasteiger partial charge in [0, 0.05) is 12.2 Å². The van der Waals surface area contributed by atoms with Crippen molar-refractivity contribution in [1.82, 2.24) is 0 Å². The van der Waals surface area contributed by atoms with Crippen molar-refractivity contribution in [2.45, 2.75) is 45.4 Å². The van der Waals surface area contributed by atoms with E-state index in [0.29, 0.717) is 28.8 Å². The molecule has 0 aromatic heterocycles. The Bertz CT molecular complexity index is 878. The van der Waals surface area contributed by atoms with Gasteiger partial charge < -0.3 is 9.64 Å². The number of hydrogen-bond acceptors (Lipinski definition) is 3. The van der Waals surface area contributed by atoms with E-state index in [-0.39, 0.29) is 11.4 Å². The van der Waals surface area contributed by atoms with Crippen molar-refractivity contribution >= 4 is 17.6 Å². The molecule has 2 bridgehead atoms. The molecule has 1 aliphatic heterocycles. The summed E-state index contributed by atoms with van der Waals surface area (Å²) < 4.78 is 4.93. The van der Waals surface area contributed by atoms with Crippen molar-refractivity contribution in [2.24, 2.45) is 28.1 Å². The molecule has 4 fully saturated rings. The average Bonchev–Trinajstić information content (AvgIpc) is 2.96. The molecule has 4 aliphatic carbocycles. The molecule has 5 aliphatic rings. The lowest BCUT2D eigenvalue weighted by Crippen LogP contribution is -2.46. The Morgan fingerprint density at radius 1 is 1.19 bits per heavy atom. The first-order valence-corrected chi connectivity index (χ1v) is 9.95. The van der Waals surface area contributed by atoms with Crippen LogP contribution in [-0.4, -0.2) is 25.5 Å². The predicted octanol–water partition coefficient (Wildman–Crippen LogP) is 3.58. The molecule has 1 aromatic rings. The Labute approximate surface area is 153 Å². The molecule has 3 unspecified atom stereocenters. The van der Waals surface area contributed by atoms with Crippen LogP contribution in [0.25, 0.3) is 0 Å². The summed E-state index contributed by atoms with van der Waals surface area (Å²) in [5, 5.41) is 0. The van der Waals surface area contributed by atoms with Gasteiger partial charge in [-0.25, -0.2) is 4.79 Å². The van der Waals surface area contributed by atoms with E-state index in [1.165, 1.54) is 20.0 Å². The smallest absolute Gasteiger partial charge is 0.338 e. The summed E-state index contributed by atoms with van der Waals surface area (Å²) in [4.78, 5) is 27.9. The highest BCUT2D eigenvalue weighted by Gasteiger charge is 2.83. The highest BCUT2D eigenvalue weighted by molar-refractivity contribution is 6.02. The quantitative estimate of drug-likeness (QED) is 0.765. The Kier molecular flexibility index (Phi) is 2.55. The van der Waals surface area contributed by atoms with Crippen LogP contribution in [0.3, 0.4) is 0 Å². The lowest BCUT2D eigenvalue weighted by molar-refractivity contribution is -0.130. The minimum atomic E-state index is -0.304. The zero-order chi connectivity index (χ0) is 17.9. The van der Waals surface area contributed by atoms with E-state index in [1.807, 2.05) is 23.1 Å². The van der Waals surface area contributed by atoms with Crippen LogP contribution in [0.2, 0.25) is 0 Å². The molecule has 0 radical (unpaired) electrons. The molecular formula is C22H25NO3. The largest absolute Gasteiger partial charge is 0.465 e. The monoisotopic (exact) mass is 351 g/mol. The van der Waals surface area contributed by atoms with Gasteiger partial charge in [0.15, 0.2) is 0 Å². The summed E-state index contributed by atoms with van der Waals surface area (Å²) in [6.45, 7) is 3.12. The van der Waals surface area contributed by atoms with Gasteiger partial charge in [-0.05, 0) is 78.9 Å². The fourth-order valence-electron chi connectivity index (χ4n) is 7.80. The second-order valence-corrected chi connectivity index (χ2v) is 9.83. The number of fused-ring (bicyclic) bond motifs is 2. The molecular weight excluding hydrogens is 326 g/mol. The molecule has 6 rings (SSSR count). The maximum absolute atomic E-state index is 13.8. The van der Waals surface area contributed by atoms with Crippen molar-refractivity contribution in [3.05, 3.63) is 29.3 Å². The first-order valence-electron chi connectivity index (χ1n) is 9.95. The van der Waals surface area contributed by atoms with Gasteiger partial charge in [0.25, 0.3) is 0 Å². The van der Waals surface area contributed by atoms with Gasteiger partial charge in [0.1, 0.15) is 0 Å². The highest BCUT2D eigenvalue weighted by Crippen LogP contribution is 2.89. The van der Waals surface area contributed by atoms with Crippen LogP contribution >= 0.6 is 0 Å². The molecule has 1 aromatic carbocycles. The standard InChI is InChI=1S/C22H25NO3/c1-20-11-21(8-13-9-22(20,12-20)16(13)10-21)19(25)23-7-6-14-15(18(24)26-2)4-3-5-17(14)23/h3-5,13,16H,6-12H2,1-2H3/t13-,16?,20?,21?,22+/m1/s1. The van der Waals surface area contributed by atoms with Crippen LogP contribution in [0.1, 0.15) is 54.9 Å². The molecule has 26 heavy (non-hydrogen) atoms. The first-order chi connectivity index (χ1) is 12.4. The summed E-state index contributed by atoms with van der Waals surface area (Å²) in [7, 11) is 1.41. The third kappa shape index (κ3) is 1.51. The molecule has 1 spiro atoms. The zero-order valence-electron chi connectivity index (χ0n) is 15.5. The van der Waals surface area contributed by atoms with Gasteiger partial charge >= 0.3 is 5.97 Å². The third-order valence-electron chi connectivity index (χ3n) is 8.81. The van der Waals surface area contributed by atoms with Crippen molar-refractivity contribution in [1.29, 1.82) is 0 Å². The molecule has 1 heterocycles. The number of hydrogen-bond donors (Lipinski definition) is 0. The van der Waals surface area contributed by atoms with Gasteiger partial charge in [0.05, 0.1) is 18.1 Å². The average molecular weight is 351 g/mol. The van der Waals surface area contributed by atoms with Crippen LogP contribution in [0, 0.1) is 28.1 Å². The molecule has 1 amide bonds.